The third kappa shape index (κ3) is 6.33. The molecule has 1 aromatic heterocycles. The Balaban J connectivity index is 1.41. The fourth-order valence-corrected chi connectivity index (χ4v) is 7.29. The van der Waals surface area contributed by atoms with Gasteiger partial charge in [0.1, 0.15) is 5.01 Å². The minimum absolute atomic E-state index is 0.0000522. The number of benzene rings is 2. The Hall–Kier alpha value is -2.91. The number of anilines is 2. The highest BCUT2D eigenvalue weighted by atomic mass is 32.2. The summed E-state index contributed by atoms with van der Waals surface area (Å²) in [6.45, 7) is 6.07. The van der Waals surface area contributed by atoms with Crippen LogP contribution in [0.25, 0.3) is 0 Å². The molecule has 3 aromatic rings. The lowest BCUT2D eigenvalue weighted by Crippen LogP contribution is -2.48. The van der Waals surface area contributed by atoms with Gasteiger partial charge in [-0.3, -0.25) is 9.52 Å². The van der Waals surface area contributed by atoms with Crippen LogP contribution in [0.15, 0.2) is 58.3 Å². The van der Waals surface area contributed by atoms with Gasteiger partial charge in [-0.15, -0.1) is 10.2 Å². The van der Waals surface area contributed by atoms with Crippen molar-refractivity contribution >= 4 is 48.1 Å². The van der Waals surface area contributed by atoms with E-state index in [1.54, 1.807) is 0 Å². The van der Waals surface area contributed by atoms with Crippen LogP contribution in [-0.4, -0.2) is 62.5 Å². The van der Waals surface area contributed by atoms with Crippen molar-refractivity contribution in [1.82, 2.24) is 14.5 Å². The lowest BCUT2D eigenvalue weighted by Gasteiger charge is -2.34. The van der Waals surface area contributed by atoms with Crippen molar-refractivity contribution < 1.29 is 26.4 Å². The maximum absolute atomic E-state index is 13.0. The molecule has 2 N–H and O–H groups in total. The van der Waals surface area contributed by atoms with Crippen LogP contribution in [0.5, 0.6) is 0 Å². The van der Waals surface area contributed by atoms with Crippen LogP contribution in [0.3, 0.4) is 0 Å². The quantitative estimate of drug-likeness (QED) is 0.424. The summed E-state index contributed by atoms with van der Waals surface area (Å²) in [5, 5.41) is 11.3. The molecule has 0 unspecified atom stereocenters. The Kier molecular flexibility index (Phi) is 7.94. The lowest BCUT2D eigenvalue weighted by atomic mass is 10.2. The molecule has 198 valence electrons. The van der Waals surface area contributed by atoms with E-state index in [1.165, 1.54) is 52.8 Å². The van der Waals surface area contributed by atoms with E-state index in [1.807, 2.05) is 20.8 Å². The SMILES string of the molecule is CCc1nnc(NS(=O)(=O)c2ccc(NC(=O)c3ccc(S(=O)(=O)N4C[C@@H](C)O[C@H](C)C4)cc3)cc2)s1. The number of hydrogen-bond acceptors (Lipinski definition) is 9. The van der Waals surface area contributed by atoms with Crippen LogP contribution >= 0.6 is 11.3 Å². The smallest absolute Gasteiger partial charge is 0.263 e. The molecule has 1 fully saturated rings. The van der Waals surface area contributed by atoms with Crippen molar-refractivity contribution in [2.75, 3.05) is 23.1 Å². The molecule has 2 aromatic carbocycles. The first-order valence-electron chi connectivity index (χ1n) is 11.5. The van der Waals surface area contributed by atoms with E-state index < -0.39 is 26.0 Å². The van der Waals surface area contributed by atoms with Crippen molar-refractivity contribution in [2.45, 2.75) is 49.2 Å². The van der Waals surface area contributed by atoms with E-state index in [-0.39, 0.29) is 45.8 Å². The molecule has 2 atom stereocenters. The number of sulfonamides is 2. The Morgan fingerprint density at radius 1 is 0.973 bits per heavy atom. The molecule has 0 aliphatic carbocycles. The maximum atomic E-state index is 13.0. The normalized spacial score (nSPS) is 18.9. The van der Waals surface area contributed by atoms with Crippen LogP contribution in [0.4, 0.5) is 10.8 Å². The summed E-state index contributed by atoms with van der Waals surface area (Å²) in [6, 6.07) is 11.3. The maximum Gasteiger partial charge on any atom is 0.263 e. The van der Waals surface area contributed by atoms with Crippen molar-refractivity contribution in [3.05, 3.63) is 59.1 Å². The number of ether oxygens (including phenoxy) is 1. The van der Waals surface area contributed by atoms with Gasteiger partial charge in [0, 0.05) is 24.3 Å². The van der Waals surface area contributed by atoms with Gasteiger partial charge in [0.05, 0.1) is 22.0 Å². The molecule has 0 bridgehead atoms. The topological polar surface area (TPSA) is 148 Å². The molecule has 14 heteroatoms. The first-order valence-corrected chi connectivity index (χ1v) is 15.2. The summed E-state index contributed by atoms with van der Waals surface area (Å²) in [5.41, 5.74) is 0.630. The van der Waals surface area contributed by atoms with Gasteiger partial charge in [-0.05, 0) is 68.8 Å². The molecule has 1 aliphatic heterocycles. The van der Waals surface area contributed by atoms with Crippen LogP contribution in [-0.2, 0) is 31.2 Å². The summed E-state index contributed by atoms with van der Waals surface area (Å²) in [5.74, 6) is -0.466. The second-order valence-corrected chi connectivity index (χ2v) is 13.2. The van der Waals surface area contributed by atoms with E-state index >= 15 is 0 Å². The van der Waals surface area contributed by atoms with Gasteiger partial charge < -0.3 is 10.1 Å². The fraction of sp³-hybridized carbons (Fsp3) is 0.348. The number of morpholine rings is 1. The highest BCUT2D eigenvalue weighted by molar-refractivity contribution is 7.93. The fourth-order valence-electron chi connectivity index (χ4n) is 3.79. The minimum Gasteiger partial charge on any atom is -0.373 e. The first kappa shape index (κ1) is 27.1. The van der Waals surface area contributed by atoms with Crippen LogP contribution < -0.4 is 10.0 Å². The third-order valence-electron chi connectivity index (χ3n) is 5.55. The van der Waals surface area contributed by atoms with Gasteiger partial charge in [0.2, 0.25) is 15.2 Å². The van der Waals surface area contributed by atoms with Crippen molar-refractivity contribution in [3.8, 4) is 0 Å². The van der Waals surface area contributed by atoms with Gasteiger partial charge >= 0.3 is 0 Å². The van der Waals surface area contributed by atoms with Crippen LogP contribution in [0.1, 0.15) is 36.1 Å². The van der Waals surface area contributed by atoms with Gasteiger partial charge in [0.15, 0.2) is 0 Å². The second kappa shape index (κ2) is 10.8. The highest BCUT2D eigenvalue weighted by Crippen LogP contribution is 2.23. The molecule has 4 rings (SSSR count). The minimum atomic E-state index is -3.86. The number of hydrogen-bond donors (Lipinski definition) is 2. The van der Waals surface area contributed by atoms with E-state index in [9.17, 15) is 21.6 Å². The molecule has 1 saturated heterocycles. The van der Waals surface area contributed by atoms with E-state index in [0.29, 0.717) is 17.1 Å². The Morgan fingerprint density at radius 2 is 1.57 bits per heavy atom. The summed E-state index contributed by atoms with van der Waals surface area (Å²) in [7, 11) is -7.58. The third-order valence-corrected chi connectivity index (χ3v) is 9.87. The number of carbonyl (C=O) groups excluding carboxylic acids is 1. The summed E-state index contributed by atoms with van der Waals surface area (Å²) < 4.78 is 60.6. The number of aryl methyl sites for hydroxylation is 1. The molecule has 0 saturated carbocycles. The van der Waals surface area contributed by atoms with Gasteiger partial charge in [-0.25, -0.2) is 16.8 Å². The summed E-state index contributed by atoms with van der Waals surface area (Å²) >= 11 is 1.16. The van der Waals surface area contributed by atoms with E-state index in [2.05, 4.69) is 20.2 Å². The average Bonchev–Trinajstić information content (AvgIpc) is 3.30. The zero-order chi connectivity index (χ0) is 26.8. The van der Waals surface area contributed by atoms with Crippen molar-refractivity contribution in [2.24, 2.45) is 0 Å². The van der Waals surface area contributed by atoms with Crippen LogP contribution in [0.2, 0.25) is 0 Å². The Bertz CT molecular complexity index is 1460. The number of nitrogens with one attached hydrogen (secondary N) is 2. The van der Waals surface area contributed by atoms with Gasteiger partial charge in [-0.1, -0.05) is 18.3 Å². The molecule has 37 heavy (non-hydrogen) atoms. The van der Waals surface area contributed by atoms with Gasteiger partial charge in [0.25, 0.3) is 15.9 Å². The Morgan fingerprint density at radius 3 is 2.14 bits per heavy atom. The summed E-state index contributed by atoms with van der Waals surface area (Å²) in [6.07, 6.45) is 0.233. The van der Waals surface area contributed by atoms with Crippen LogP contribution in [0, 0.1) is 0 Å². The number of rotatable bonds is 8. The predicted octanol–water partition coefficient (Wildman–Crippen LogP) is 2.95. The second-order valence-electron chi connectivity index (χ2n) is 8.54. The first-order chi connectivity index (χ1) is 17.5. The lowest BCUT2D eigenvalue weighted by molar-refractivity contribution is -0.0440. The molecule has 1 aliphatic rings. The summed E-state index contributed by atoms with van der Waals surface area (Å²) in [4.78, 5) is 12.8. The van der Waals surface area contributed by atoms with E-state index in [0.717, 1.165) is 11.3 Å². The molecule has 0 spiro atoms. The monoisotopic (exact) mass is 565 g/mol. The largest absolute Gasteiger partial charge is 0.373 e. The number of aromatic nitrogens is 2. The zero-order valence-corrected chi connectivity index (χ0v) is 22.9. The molecular formula is C23H27N5O6S3. The molecule has 11 nitrogen and oxygen atoms in total. The number of amides is 1. The number of nitrogens with zero attached hydrogens (tertiary/aromatic N) is 3. The van der Waals surface area contributed by atoms with Crippen molar-refractivity contribution in [3.63, 3.8) is 0 Å². The highest BCUT2D eigenvalue weighted by Gasteiger charge is 2.32. The zero-order valence-electron chi connectivity index (χ0n) is 20.4. The molecule has 0 radical (unpaired) electrons. The average molecular weight is 566 g/mol. The van der Waals surface area contributed by atoms with Crippen molar-refractivity contribution in [1.29, 1.82) is 0 Å². The number of carbonyl (C=O) groups is 1. The molecular weight excluding hydrogens is 538 g/mol. The van der Waals surface area contributed by atoms with E-state index in [4.69, 9.17) is 4.74 Å². The molecule has 1 amide bonds. The van der Waals surface area contributed by atoms with Gasteiger partial charge in [-0.2, -0.15) is 4.31 Å². The predicted molar refractivity (Wildman–Crippen MR) is 140 cm³/mol. The Labute approximate surface area is 220 Å². The standard InChI is InChI=1S/C23H27N5O6S3/c1-4-21-25-26-23(35-21)27-36(30,31)19-11-7-18(8-12-19)24-22(29)17-5-9-20(10-6-17)37(32,33)28-13-15(2)34-16(3)14-28/h5-12,15-16H,4,13-14H2,1-3H3,(H,24,29)(H,26,27)/t15-,16-/m1/s1. The molecule has 2 heterocycles.